The van der Waals surface area contributed by atoms with Crippen LogP contribution in [0.15, 0.2) is 22.8 Å². The van der Waals surface area contributed by atoms with Crippen LogP contribution in [0.1, 0.15) is 57.6 Å². The Bertz CT molecular complexity index is 421. The fourth-order valence-corrected chi connectivity index (χ4v) is 2.76. The summed E-state index contributed by atoms with van der Waals surface area (Å²) in [5.74, 6) is 0.453. The molecule has 3 N–H and O–H groups in total. The maximum atomic E-state index is 12.0. The zero-order valence-corrected chi connectivity index (χ0v) is 12.7. The highest BCUT2D eigenvalue weighted by Gasteiger charge is 2.27. The van der Waals surface area contributed by atoms with Crippen LogP contribution in [0.3, 0.4) is 0 Å². The summed E-state index contributed by atoms with van der Waals surface area (Å²) in [6, 6.07) is 3.46. The number of furan rings is 1. The second-order valence-corrected chi connectivity index (χ2v) is 6.12. The van der Waals surface area contributed by atoms with Gasteiger partial charge < -0.3 is 20.2 Å². The van der Waals surface area contributed by atoms with Crippen molar-refractivity contribution in [3.05, 3.63) is 24.2 Å². The van der Waals surface area contributed by atoms with E-state index in [4.69, 9.17) is 4.42 Å². The van der Waals surface area contributed by atoms with Gasteiger partial charge in [-0.25, -0.2) is 4.79 Å². The molecule has 5 heteroatoms. The Hall–Kier alpha value is -1.49. The first kappa shape index (κ1) is 15.9. The summed E-state index contributed by atoms with van der Waals surface area (Å²) >= 11 is 0. The lowest BCUT2D eigenvalue weighted by molar-refractivity contribution is 0.0366. The Morgan fingerprint density at radius 2 is 2.00 bits per heavy atom. The van der Waals surface area contributed by atoms with Crippen LogP contribution in [0.4, 0.5) is 4.79 Å². The van der Waals surface area contributed by atoms with Crippen molar-refractivity contribution in [3.63, 3.8) is 0 Å². The molecule has 0 spiro atoms. The predicted molar refractivity (Wildman–Crippen MR) is 80.9 cm³/mol. The molecule has 1 heterocycles. The van der Waals surface area contributed by atoms with Gasteiger partial charge in [0.15, 0.2) is 0 Å². The normalized spacial score (nSPS) is 20.1. The minimum atomic E-state index is -1.19. The molecule has 1 aromatic rings. The van der Waals surface area contributed by atoms with Gasteiger partial charge in [-0.15, -0.1) is 0 Å². The van der Waals surface area contributed by atoms with E-state index in [2.05, 4.69) is 10.6 Å². The van der Waals surface area contributed by atoms with Crippen molar-refractivity contribution in [2.75, 3.05) is 6.54 Å². The lowest BCUT2D eigenvalue weighted by Crippen LogP contribution is -2.46. The third-order valence-corrected chi connectivity index (χ3v) is 4.09. The van der Waals surface area contributed by atoms with E-state index in [0.29, 0.717) is 5.76 Å². The molecule has 0 radical (unpaired) electrons. The first-order valence-electron chi connectivity index (χ1n) is 7.89. The van der Waals surface area contributed by atoms with Crippen molar-refractivity contribution in [1.29, 1.82) is 0 Å². The molecule has 5 nitrogen and oxygen atoms in total. The summed E-state index contributed by atoms with van der Waals surface area (Å²) in [6.07, 6.45) is 9.78. The van der Waals surface area contributed by atoms with Gasteiger partial charge in [0.2, 0.25) is 0 Å². The number of amides is 2. The standard InChI is InChI=1S/C16H26N2O3/c1-16(20,14-10-7-11-21-14)12-17-15(19)18-13-8-5-3-2-4-6-9-13/h7,10-11,13,20H,2-6,8-9,12H2,1H3,(H2,17,18,19). The Morgan fingerprint density at radius 3 is 2.62 bits per heavy atom. The Labute approximate surface area is 126 Å². The maximum Gasteiger partial charge on any atom is 0.315 e. The highest BCUT2D eigenvalue weighted by Crippen LogP contribution is 2.20. The number of carbonyl (C=O) groups is 1. The summed E-state index contributed by atoms with van der Waals surface area (Å²) in [4.78, 5) is 12.0. The number of hydrogen-bond donors (Lipinski definition) is 3. The van der Waals surface area contributed by atoms with E-state index in [0.717, 1.165) is 12.8 Å². The average molecular weight is 294 g/mol. The van der Waals surface area contributed by atoms with Gasteiger partial charge >= 0.3 is 6.03 Å². The zero-order valence-electron chi connectivity index (χ0n) is 12.7. The molecule has 2 amide bonds. The minimum absolute atomic E-state index is 0.124. The summed E-state index contributed by atoms with van der Waals surface area (Å²) in [5.41, 5.74) is -1.19. The van der Waals surface area contributed by atoms with Gasteiger partial charge in [-0.05, 0) is 31.9 Å². The molecule has 0 bridgehead atoms. The van der Waals surface area contributed by atoms with E-state index in [1.165, 1.54) is 38.4 Å². The molecule has 0 aromatic carbocycles. The molecule has 118 valence electrons. The first-order valence-corrected chi connectivity index (χ1v) is 7.89. The van der Waals surface area contributed by atoms with Crippen LogP contribution in [0.25, 0.3) is 0 Å². The van der Waals surface area contributed by atoms with Crippen molar-refractivity contribution in [2.24, 2.45) is 0 Å². The van der Waals surface area contributed by atoms with E-state index >= 15 is 0 Å². The fraction of sp³-hybridized carbons (Fsp3) is 0.688. The van der Waals surface area contributed by atoms with Gasteiger partial charge in [0.1, 0.15) is 11.4 Å². The molecular weight excluding hydrogens is 268 g/mol. The molecule has 1 aliphatic rings. The predicted octanol–water partition coefficient (Wildman–Crippen LogP) is 2.90. The quantitative estimate of drug-likeness (QED) is 0.799. The summed E-state index contributed by atoms with van der Waals surface area (Å²) in [7, 11) is 0. The van der Waals surface area contributed by atoms with Crippen LogP contribution in [-0.2, 0) is 5.60 Å². The lowest BCUT2D eigenvalue weighted by atomic mass is 9.97. The van der Waals surface area contributed by atoms with Crippen LogP contribution in [0.5, 0.6) is 0 Å². The maximum absolute atomic E-state index is 12.0. The average Bonchev–Trinajstić information content (AvgIpc) is 2.94. The summed E-state index contributed by atoms with van der Waals surface area (Å²) in [5, 5.41) is 16.0. The summed E-state index contributed by atoms with van der Waals surface area (Å²) in [6.45, 7) is 1.75. The largest absolute Gasteiger partial charge is 0.466 e. The third kappa shape index (κ3) is 5.08. The van der Waals surface area contributed by atoms with Crippen LogP contribution >= 0.6 is 0 Å². The van der Waals surface area contributed by atoms with Crippen LogP contribution in [-0.4, -0.2) is 23.7 Å². The smallest absolute Gasteiger partial charge is 0.315 e. The van der Waals surface area contributed by atoms with E-state index in [9.17, 15) is 9.90 Å². The monoisotopic (exact) mass is 294 g/mol. The molecule has 0 saturated heterocycles. The molecule has 1 fully saturated rings. The highest BCUT2D eigenvalue weighted by molar-refractivity contribution is 5.74. The minimum Gasteiger partial charge on any atom is -0.466 e. The molecule has 1 atom stereocenters. The van der Waals surface area contributed by atoms with Crippen molar-refractivity contribution in [2.45, 2.75) is 63.5 Å². The van der Waals surface area contributed by atoms with Gasteiger partial charge in [-0.2, -0.15) is 0 Å². The van der Waals surface area contributed by atoms with Crippen LogP contribution in [0, 0.1) is 0 Å². The lowest BCUT2D eigenvalue weighted by Gasteiger charge is -2.24. The van der Waals surface area contributed by atoms with Gasteiger partial charge in [-0.1, -0.05) is 32.1 Å². The van der Waals surface area contributed by atoms with Crippen LogP contribution in [0.2, 0.25) is 0 Å². The second-order valence-electron chi connectivity index (χ2n) is 6.12. The van der Waals surface area contributed by atoms with Crippen molar-refractivity contribution in [3.8, 4) is 0 Å². The molecule has 0 aliphatic heterocycles. The number of nitrogens with one attached hydrogen (secondary N) is 2. The molecule has 1 unspecified atom stereocenters. The van der Waals surface area contributed by atoms with Gasteiger partial charge in [0, 0.05) is 6.04 Å². The van der Waals surface area contributed by atoms with Gasteiger partial charge in [0.05, 0.1) is 12.8 Å². The summed E-state index contributed by atoms with van der Waals surface area (Å²) < 4.78 is 5.19. The highest BCUT2D eigenvalue weighted by atomic mass is 16.4. The Kier molecular flexibility index (Phi) is 5.67. The number of hydrogen-bond acceptors (Lipinski definition) is 3. The van der Waals surface area contributed by atoms with Crippen molar-refractivity contribution < 1.29 is 14.3 Å². The molecule has 21 heavy (non-hydrogen) atoms. The van der Waals surface area contributed by atoms with Crippen molar-refractivity contribution >= 4 is 6.03 Å². The molecule has 1 aliphatic carbocycles. The Balaban J connectivity index is 1.76. The number of carbonyl (C=O) groups excluding carboxylic acids is 1. The second kappa shape index (κ2) is 7.50. The van der Waals surface area contributed by atoms with Crippen LogP contribution < -0.4 is 10.6 Å². The molecule has 1 aromatic heterocycles. The Morgan fingerprint density at radius 1 is 1.33 bits per heavy atom. The number of aliphatic hydroxyl groups is 1. The molecule has 2 rings (SSSR count). The third-order valence-electron chi connectivity index (χ3n) is 4.09. The topological polar surface area (TPSA) is 74.5 Å². The van der Waals surface area contributed by atoms with Gasteiger partial charge in [0.25, 0.3) is 0 Å². The first-order chi connectivity index (χ1) is 10.1. The molecule has 1 saturated carbocycles. The molecular formula is C16H26N2O3. The van der Waals surface area contributed by atoms with E-state index in [-0.39, 0.29) is 18.6 Å². The zero-order chi connectivity index (χ0) is 15.1. The van der Waals surface area contributed by atoms with Crippen molar-refractivity contribution in [1.82, 2.24) is 10.6 Å². The van der Waals surface area contributed by atoms with Gasteiger partial charge in [-0.3, -0.25) is 0 Å². The fourth-order valence-electron chi connectivity index (χ4n) is 2.76. The van der Waals surface area contributed by atoms with E-state index in [1.807, 2.05) is 0 Å². The number of rotatable bonds is 4. The SMILES string of the molecule is CC(O)(CNC(=O)NC1CCCCCCC1)c1ccco1. The number of urea groups is 1. The van der Waals surface area contributed by atoms with E-state index < -0.39 is 5.60 Å². The van der Waals surface area contributed by atoms with E-state index in [1.54, 1.807) is 19.1 Å².